The van der Waals surface area contributed by atoms with E-state index in [1.165, 1.54) is 25.7 Å². The van der Waals surface area contributed by atoms with Gasteiger partial charge in [-0.1, -0.05) is 0 Å². The first-order chi connectivity index (χ1) is 9.78. The molecule has 0 bridgehead atoms. The zero-order chi connectivity index (χ0) is 13.6. The molecule has 2 heterocycles. The minimum atomic E-state index is 0.340. The smallest absolute Gasteiger partial charge is 0.226 e. The summed E-state index contributed by atoms with van der Waals surface area (Å²) in [6, 6.07) is 0.558. The van der Waals surface area contributed by atoms with Crippen molar-refractivity contribution in [3.63, 3.8) is 0 Å². The van der Waals surface area contributed by atoms with Gasteiger partial charge in [0, 0.05) is 31.0 Å². The molecule has 2 atom stereocenters. The summed E-state index contributed by atoms with van der Waals surface area (Å²) in [5.41, 5.74) is 0.377. The lowest BCUT2D eigenvalue weighted by atomic mass is 9.91. The van der Waals surface area contributed by atoms with Crippen LogP contribution in [0.1, 0.15) is 38.5 Å². The molecular formula is C16H26N2O2. The van der Waals surface area contributed by atoms with E-state index in [-0.39, 0.29) is 0 Å². The lowest BCUT2D eigenvalue weighted by Gasteiger charge is -2.28. The van der Waals surface area contributed by atoms with Crippen LogP contribution < -0.4 is 5.32 Å². The van der Waals surface area contributed by atoms with Crippen LogP contribution in [0.15, 0.2) is 0 Å². The summed E-state index contributed by atoms with van der Waals surface area (Å²) in [6.07, 6.45) is 7.14. The van der Waals surface area contributed by atoms with E-state index in [1.807, 2.05) is 0 Å². The summed E-state index contributed by atoms with van der Waals surface area (Å²) < 4.78 is 5.48. The minimum Gasteiger partial charge on any atom is -0.381 e. The first kappa shape index (κ1) is 13.1. The highest BCUT2D eigenvalue weighted by Crippen LogP contribution is 2.59. The first-order valence-corrected chi connectivity index (χ1v) is 8.37. The fourth-order valence-electron chi connectivity index (χ4n) is 4.18. The van der Waals surface area contributed by atoms with Gasteiger partial charge in [0.25, 0.3) is 0 Å². The molecule has 1 spiro atoms. The molecule has 2 aliphatic carbocycles. The van der Waals surface area contributed by atoms with Gasteiger partial charge in [0.05, 0.1) is 6.61 Å². The predicted octanol–water partition coefficient (Wildman–Crippen LogP) is 1.40. The van der Waals surface area contributed by atoms with E-state index < -0.39 is 0 Å². The summed E-state index contributed by atoms with van der Waals surface area (Å²) >= 11 is 0. The molecule has 2 saturated carbocycles. The Labute approximate surface area is 121 Å². The Balaban J connectivity index is 1.40. The maximum absolute atomic E-state index is 12.9. The molecule has 0 aromatic rings. The summed E-state index contributed by atoms with van der Waals surface area (Å²) in [4.78, 5) is 15.1. The molecule has 20 heavy (non-hydrogen) atoms. The fraction of sp³-hybridized carbons (Fsp3) is 0.938. The zero-order valence-corrected chi connectivity index (χ0v) is 12.3. The molecule has 112 valence electrons. The molecule has 2 unspecified atom stereocenters. The van der Waals surface area contributed by atoms with E-state index >= 15 is 0 Å². The number of hydrogen-bond donors (Lipinski definition) is 1. The molecule has 1 amide bonds. The van der Waals surface area contributed by atoms with Crippen LogP contribution in [0.5, 0.6) is 0 Å². The van der Waals surface area contributed by atoms with Crippen molar-refractivity contribution in [1.82, 2.24) is 10.2 Å². The average molecular weight is 278 g/mol. The van der Waals surface area contributed by atoms with Crippen molar-refractivity contribution < 1.29 is 9.53 Å². The number of carbonyl (C=O) groups is 1. The highest BCUT2D eigenvalue weighted by molar-refractivity contribution is 5.83. The summed E-state index contributed by atoms with van der Waals surface area (Å²) in [5, 5.41) is 3.42. The van der Waals surface area contributed by atoms with Crippen molar-refractivity contribution >= 4 is 5.91 Å². The quantitative estimate of drug-likeness (QED) is 0.845. The van der Waals surface area contributed by atoms with Crippen molar-refractivity contribution in [3.8, 4) is 0 Å². The molecule has 2 aliphatic heterocycles. The van der Waals surface area contributed by atoms with Crippen molar-refractivity contribution in [2.24, 2.45) is 17.3 Å². The number of nitrogens with zero attached hydrogens (tertiary/aromatic N) is 1. The Morgan fingerprint density at radius 1 is 1.25 bits per heavy atom. The van der Waals surface area contributed by atoms with Crippen LogP contribution in [0, 0.1) is 17.3 Å². The lowest BCUT2D eigenvalue weighted by molar-refractivity contribution is -0.134. The Morgan fingerprint density at radius 2 is 2.05 bits per heavy atom. The van der Waals surface area contributed by atoms with Gasteiger partial charge in [0.15, 0.2) is 0 Å². The largest absolute Gasteiger partial charge is 0.381 e. The molecule has 0 aromatic heterocycles. The van der Waals surface area contributed by atoms with Gasteiger partial charge >= 0.3 is 0 Å². The summed E-state index contributed by atoms with van der Waals surface area (Å²) in [5.74, 6) is 1.40. The Bertz CT molecular complexity index is 382. The van der Waals surface area contributed by atoms with E-state index in [4.69, 9.17) is 4.74 Å². The molecule has 0 radical (unpaired) electrons. The van der Waals surface area contributed by atoms with Crippen LogP contribution in [0.25, 0.3) is 0 Å². The summed E-state index contributed by atoms with van der Waals surface area (Å²) in [6.45, 7) is 4.90. The van der Waals surface area contributed by atoms with Gasteiger partial charge in [-0.05, 0) is 57.0 Å². The Morgan fingerprint density at radius 3 is 2.70 bits per heavy atom. The number of amides is 1. The van der Waals surface area contributed by atoms with Crippen LogP contribution in [0.3, 0.4) is 0 Å². The molecule has 0 aromatic carbocycles. The van der Waals surface area contributed by atoms with Crippen LogP contribution in [0.2, 0.25) is 0 Å². The SMILES string of the molecule is O=C(C1CC12CCNCC2)N(CC1CCOC1)C1CC1. The second kappa shape index (κ2) is 4.99. The molecule has 4 heteroatoms. The van der Waals surface area contributed by atoms with Gasteiger partial charge in [-0.2, -0.15) is 0 Å². The zero-order valence-electron chi connectivity index (χ0n) is 12.3. The number of carbonyl (C=O) groups excluding carboxylic acids is 1. The van der Waals surface area contributed by atoms with E-state index in [2.05, 4.69) is 10.2 Å². The van der Waals surface area contributed by atoms with Gasteiger partial charge in [-0.25, -0.2) is 0 Å². The van der Waals surface area contributed by atoms with Crippen molar-refractivity contribution in [3.05, 3.63) is 0 Å². The third-order valence-corrected chi connectivity index (χ3v) is 5.84. The highest BCUT2D eigenvalue weighted by atomic mass is 16.5. The molecule has 4 rings (SSSR count). The number of rotatable bonds is 4. The van der Waals surface area contributed by atoms with Crippen LogP contribution in [-0.4, -0.2) is 49.7 Å². The molecule has 1 N–H and O–H groups in total. The Hall–Kier alpha value is -0.610. The van der Waals surface area contributed by atoms with Crippen LogP contribution in [0.4, 0.5) is 0 Å². The number of nitrogens with one attached hydrogen (secondary N) is 1. The average Bonchev–Trinajstić information content (AvgIpc) is 3.37. The number of hydrogen-bond acceptors (Lipinski definition) is 3. The Kier molecular flexibility index (Phi) is 3.26. The predicted molar refractivity (Wildman–Crippen MR) is 76.3 cm³/mol. The fourth-order valence-corrected chi connectivity index (χ4v) is 4.18. The van der Waals surface area contributed by atoms with E-state index in [1.54, 1.807) is 0 Å². The van der Waals surface area contributed by atoms with Gasteiger partial charge in [0.2, 0.25) is 5.91 Å². The molecule has 2 saturated heterocycles. The number of ether oxygens (including phenoxy) is 1. The van der Waals surface area contributed by atoms with Gasteiger partial charge in [-0.3, -0.25) is 4.79 Å². The second-order valence-corrected chi connectivity index (χ2v) is 7.32. The second-order valence-electron chi connectivity index (χ2n) is 7.32. The van der Waals surface area contributed by atoms with Gasteiger partial charge in [-0.15, -0.1) is 0 Å². The normalized spacial score (nSPS) is 35.2. The topological polar surface area (TPSA) is 41.6 Å². The monoisotopic (exact) mass is 278 g/mol. The first-order valence-electron chi connectivity index (χ1n) is 8.37. The maximum atomic E-state index is 12.9. The van der Waals surface area contributed by atoms with Crippen LogP contribution >= 0.6 is 0 Å². The lowest BCUT2D eigenvalue weighted by Crippen LogP contribution is -2.40. The summed E-state index contributed by atoms with van der Waals surface area (Å²) in [7, 11) is 0. The van der Waals surface area contributed by atoms with E-state index in [0.717, 1.165) is 45.7 Å². The highest BCUT2D eigenvalue weighted by Gasteiger charge is 2.59. The molecular weight excluding hydrogens is 252 g/mol. The van der Waals surface area contributed by atoms with Crippen molar-refractivity contribution in [2.75, 3.05) is 32.8 Å². The number of piperidine rings is 1. The van der Waals surface area contributed by atoms with Gasteiger partial charge in [0.1, 0.15) is 0 Å². The van der Waals surface area contributed by atoms with Gasteiger partial charge < -0.3 is 15.0 Å². The molecule has 4 nitrogen and oxygen atoms in total. The minimum absolute atomic E-state index is 0.340. The van der Waals surface area contributed by atoms with E-state index in [0.29, 0.717) is 29.2 Å². The van der Waals surface area contributed by atoms with Crippen molar-refractivity contribution in [1.29, 1.82) is 0 Å². The maximum Gasteiger partial charge on any atom is 0.226 e. The standard InChI is InChI=1S/C16H26N2O2/c19-15(14-9-16(14)4-6-17-7-5-16)18(13-1-2-13)10-12-3-8-20-11-12/h12-14,17H,1-11H2. The van der Waals surface area contributed by atoms with Crippen LogP contribution in [-0.2, 0) is 9.53 Å². The van der Waals surface area contributed by atoms with E-state index in [9.17, 15) is 4.79 Å². The molecule has 4 fully saturated rings. The third-order valence-electron chi connectivity index (χ3n) is 5.84. The van der Waals surface area contributed by atoms with Crippen molar-refractivity contribution in [2.45, 2.75) is 44.6 Å². The molecule has 4 aliphatic rings. The third kappa shape index (κ3) is 2.37.